The van der Waals surface area contributed by atoms with Gasteiger partial charge in [0.25, 0.3) is 0 Å². The second kappa shape index (κ2) is 5.90. The number of carbonyl (C=O) groups excluding carboxylic acids is 1. The summed E-state index contributed by atoms with van der Waals surface area (Å²) in [5, 5.41) is 2.40. The van der Waals surface area contributed by atoms with Gasteiger partial charge in [0.1, 0.15) is 11.0 Å². The first-order valence-electron chi connectivity index (χ1n) is 5.06. The van der Waals surface area contributed by atoms with Crippen LogP contribution in [0.2, 0.25) is 5.15 Å². The lowest BCUT2D eigenvalue weighted by Crippen LogP contribution is -2.13. The predicted octanol–water partition coefficient (Wildman–Crippen LogP) is 2.43. The number of hydrogen-bond donors (Lipinski definition) is 2. The molecule has 0 aliphatic heterocycles. The normalized spacial score (nSPS) is 11.3. The van der Waals surface area contributed by atoms with Gasteiger partial charge in [-0.15, -0.1) is 0 Å². The molecule has 1 aromatic heterocycles. The van der Waals surface area contributed by atoms with Gasteiger partial charge >= 0.3 is 6.18 Å². The Kier molecular flexibility index (Phi) is 4.77. The van der Waals surface area contributed by atoms with Crippen LogP contribution in [-0.2, 0) is 11.0 Å². The number of carbonyl (C=O) groups is 1. The van der Waals surface area contributed by atoms with Crippen molar-refractivity contribution in [3.05, 3.63) is 22.8 Å². The molecule has 0 fully saturated rings. The quantitative estimate of drug-likeness (QED) is 0.643. The molecule has 1 heterocycles. The molecular weight excluding hydrogens is 271 g/mol. The average Bonchev–Trinajstić information content (AvgIpc) is 2.22. The Hall–Kier alpha value is -1.50. The van der Waals surface area contributed by atoms with Crippen LogP contribution in [0.1, 0.15) is 18.4 Å². The number of pyridine rings is 1. The highest BCUT2D eigenvalue weighted by Crippen LogP contribution is 2.31. The van der Waals surface area contributed by atoms with E-state index in [-0.39, 0.29) is 23.9 Å². The summed E-state index contributed by atoms with van der Waals surface area (Å²) >= 11 is 5.49. The van der Waals surface area contributed by atoms with Gasteiger partial charge in [0.05, 0.1) is 5.56 Å². The van der Waals surface area contributed by atoms with Gasteiger partial charge in [-0.3, -0.25) is 4.79 Å². The van der Waals surface area contributed by atoms with Crippen LogP contribution >= 0.6 is 11.6 Å². The molecule has 4 nitrogen and oxygen atoms in total. The Morgan fingerprint density at radius 2 is 2.11 bits per heavy atom. The van der Waals surface area contributed by atoms with E-state index in [4.69, 9.17) is 17.3 Å². The molecule has 0 aliphatic rings. The van der Waals surface area contributed by atoms with Crippen molar-refractivity contribution >= 4 is 23.3 Å². The summed E-state index contributed by atoms with van der Waals surface area (Å²) in [6.07, 6.45) is -3.92. The highest BCUT2D eigenvalue weighted by Gasteiger charge is 2.31. The van der Waals surface area contributed by atoms with Crippen LogP contribution in [-0.4, -0.2) is 17.4 Å². The summed E-state index contributed by atoms with van der Waals surface area (Å²) in [5.41, 5.74) is 4.05. The van der Waals surface area contributed by atoms with E-state index < -0.39 is 17.6 Å². The third-order valence-corrected chi connectivity index (χ3v) is 2.22. The summed E-state index contributed by atoms with van der Waals surface area (Å²) in [6, 6.07) is 1.60. The number of nitrogens with two attached hydrogens (primary N) is 1. The minimum absolute atomic E-state index is 0.0132. The number of nitrogens with one attached hydrogen (secondary N) is 1. The van der Waals surface area contributed by atoms with E-state index in [2.05, 4.69) is 10.3 Å². The molecule has 0 bridgehead atoms. The largest absolute Gasteiger partial charge is 0.416 e. The van der Waals surface area contributed by atoms with Crippen molar-refractivity contribution in [2.45, 2.75) is 19.0 Å². The van der Waals surface area contributed by atoms with E-state index in [1.54, 1.807) is 0 Å². The number of nitrogens with zero attached hydrogens (tertiary/aromatic N) is 1. The molecule has 8 heteroatoms. The molecule has 3 N–H and O–H groups in total. The molecule has 0 aromatic carbocycles. The van der Waals surface area contributed by atoms with Gasteiger partial charge in [-0.25, -0.2) is 4.98 Å². The van der Waals surface area contributed by atoms with E-state index in [1.165, 1.54) is 0 Å². The summed E-state index contributed by atoms with van der Waals surface area (Å²) in [6.45, 7) is 0.285. The first kappa shape index (κ1) is 14.6. The van der Waals surface area contributed by atoms with Crippen LogP contribution in [0.4, 0.5) is 19.0 Å². The zero-order valence-electron chi connectivity index (χ0n) is 9.22. The molecule has 0 unspecified atom stereocenters. The number of alkyl halides is 3. The Morgan fingerprint density at radius 1 is 1.44 bits per heavy atom. The van der Waals surface area contributed by atoms with Crippen LogP contribution in [0.25, 0.3) is 0 Å². The van der Waals surface area contributed by atoms with Crippen molar-refractivity contribution < 1.29 is 18.0 Å². The standard InChI is InChI=1S/C10H11ClF3N3O/c11-7-4-6(10(12,13)14)5-9(17-7)16-3-1-2-8(15)18/h4-5H,1-3H2,(H2,15,18)(H,16,17). The molecule has 0 atom stereocenters. The average molecular weight is 282 g/mol. The van der Waals surface area contributed by atoms with Gasteiger partial charge in [0, 0.05) is 13.0 Å². The van der Waals surface area contributed by atoms with Gasteiger partial charge in [-0.2, -0.15) is 13.2 Å². The van der Waals surface area contributed by atoms with Crippen LogP contribution in [0, 0.1) is 0 Å². The highest BCUT2D eigenvalue weighted by molar-refractivity contribution is 6.29. The van der Waals surface area contributed by atoms with Gasteiger partial charge in [0.2, 0.25) is 5.91 Å². The Morgan fingerprint density at radius 3 is 2.67 bits per heavy atom. The number of rotatable bonds is 5. The van der Waals surface area contributed by atoms with Gasteiger partial charge < -0.3 is 11.1 Å². The lowest BCUT2D eigenvalue weighted by molar-refractivity contribution is -0.137. The number of primary amides is 1. The second-order valence-electron chi connectivity index (χ2n) is 3.56. The predicted molar refractivity (Wildman–Crippen MR) is 61.2 cm³/mol. The molecule has 18 heavy (non-hydrogen) atoms. The zero-order chi connectivity index (χ0) is 13.8. The van der Waals surface area contributed by atoms with Crippen molar-refractivity contribution in [3.8, 4) is 0 Å². The smallest absolute Gasteiger partial charge is 0.370 e. The fourth-order valence-corrected chi connectivity index (χ4v) is 1.44. The molecule has 1 aromatic rings. The molecular formula is C10H11ClF3N3O. The molecule has 1 rings (SSSR count). The minimum atomic E-state index is -4.48. The minimum Gasteiger partial charge on any atom is -0.370 e. The van der Waals surface area contributed by atoms with E-state index in [1.807, 2.05) is 0 Å². The molecule has 0 saturated heterocycles. The third kappa shape index (κ3) is 4.79. The highest BCUT2D eigenvalue weighted by atomic mass is 35.5. The van der Waals surface area contributed by atoms with Crippen LogP contribution in [0.3, 0.4) is 0 Å². The first-order valence-corrected chi connectivity index (χ1v) is 5.44. The van der Waals surface area contributed by atoms with Crippen molar-refractivity contribution in [2.24, 2.45) is 5.73 Å². The fraction of sp³-hybridized carbons (Fsp3) is 0.400. The summed E-state index contributed by atoms with van der Waals surface area (Å²) in [7, 11) is 0. The molecule has 0 radical (unpaired) electrons. The molecule has 0 saturated carbocycles. The molecule has 0 aliphatic carbocycles. The summed E-state index contributed by atoms with van der Waals surface area (Å²) in [4.78, 5) is 14.2. The maximum atomic E-state index is 12.5. The van der Waals surface area contributed by atoms with Crippen molar-refractivity contribution in [1.29, 1.82) is 0 Å². The maximum absolute atomic E-state index is 12.5. The van der Waals surface area contributed by atoms with Crippen molar-refractivity contribution in [1.82, 2.24) is 4.98 Å². The molecule has 100 valence electrons. The Bertz CT molecular complexity index is 437. The molecule has 1 amide bonds. The Labute approximate surface area is 106 Å². The lowest BCUT2D eigenvalue weighted by Gasteiger charge is -2.10. The second-order valence-corrected chi connectivity index (χ2v) is 3.95. The third-order valence-electron chi connectivity index (χ3n) is 2.03. The van der Waals surface area contributed by atoms with Crippen molar-refractivity contribution in [3.63, 3.8) is 0 Å². The van der Waals surface area contributed by atoms with E-state index in [0.717, 1.165) is 12.1 Å². The van der Waals surface area contributed by atoms with E-state index >= 15 is 0 Å². The van der Waals surface area contributed by atoms with Gasteiger partial charge in [0.15, 0.2) is 0 Å². The summed E-state index contributed by atoms with van der Waals surface area (Å²) in [5.74, 6) is -0.453. The van der Waals surface area contributed by atoms with E-state index in [9.17, 15) is 18.0 Å². The number of hydrogen-bond acceptors (Lipinski definition) is 3. The van der Waals surface area contributed by atoms with Crippen LogP contribution < -0.4 is 11.1 Å². The fourth-order valence-electron chi connectivity index (χ4n) is 1.23. The van der Waals surface area contributed by atoms with Crippen LogP contribution in [0.5, 0.6) is 0 Å². The number of halogens is 4. The van der Waals surface area contributed by atoms with Gasteiger partial charge in [-0.1, -0.05) is 11.6 Å². The van der Waals surface area contributed by atoms with Crippen LogP contribution in [0.15, 0.2) is 12.1 Å². The Balaban J connectivity index is 2.66. The number of aromatic nitrogens is 1. The first-order chi connectivity index (χ1) is 8.29. The van der Waals surface area contributed by atoms with Crippen molar-refractivity contribution in [2.75, 3.05) is 11.9 Å². The van der Waals surface area contributed by atoms with E-state index in [0.29, 0.717) is 6.42 Å². The number of anilines is 1. The summed E-state index contributed by atoms with van der Waals surface area (Å²) < 4.78 is 37.4. The lowest BCUT2D eigenvalue weighted by atomic mass is 10.2. The van der Waals surface area contributed by atoms with Gasteiger partial charge in [-0.05, 0) is 18.6 Å². The maximum Gasteiger partial charge on any atom is 0.416 e. The molecule has 0 spiro atoms. The zero-order valence-corrected chi connectivity index (χ0v) is 9.98. The number of amides is 1. The monoisotopic (exact) mass is 281 g/mol. The SMILES string of the molecule is NC(=O)CCCNc1cc(C(F)(F)F)cc(Cl)n1. The topological polar surface area (TPSA) is 68.0 Å².